The number of hydrogen-bond acceptors (Lipinski definition) is 4. The van der Waals surface area contributed by atoms with Gasteiger partial charge in [-0.15, -0.1) is 0 Å². The van der Waals surface area contributed by atoms with Crippen molar-refractivity contribution in [1.29, 1.82) is 5.26 Å². The summed E-state index contributed by atoms with van der Waals surface area (Å²) in [5, 5.41) is 8.63. The first-order valence-corrected chi connectivity index (χ1v) is 5.62. The minimum absolute atomic E-state index is 0.0601. The van der Waals surface area contributed by atoms with E-state index in [9.17, 15) is 21.6 Å². The molecule has 0 amide bonds. The van der Waals surface area contributed by atoms with Crippen LogP contribution in [-0.4, -0.2) is 13.9 Å². The quantitative estimate of drug-likeness (QED) is 0.618. The van der Waals surface area contributed by atoms with Crippen molar-refractivity contribution < 1.29 is 25.8 Å². The van der Waals surface area contributed by atoms with Crippen LogP contribution < -0.4 is 0 Å². The van der Waals surface area contributed by atoms with E-state index in [-0.39, 0.29) is 11.1 Å². The van der Waals surface area contributed by atoms with Crippen LogP contribution >= 0.6 is 0 Å². The SMILES string of the molecule is N#Cc1ccccc1COS(=O)(=O)C(F)(F)F. The summed E-state index contributed by atoms with van der Waals surface area (Å²) in [5.74, 6) is 0. The van der Waals surface area contributed by atoms with Crippen molar-refractivity contribution in [3.05, 3.63) is 35.4 Å². The van der Waals surface area contributed by atoms with Gasteiger partial charge < -0.3 is 0 Å². The molecule has 8 heteroatoms. The number of nitrogens with zero attached hydrogens (tertiary/aromatic N) is 1. The fourth-order valence-corrected chi connectivity index (χ4v) is 1.38. The normalized spacial score (nSPS) is 12.1. The molecule has 0 heterocycles. The van der Waals surface area contributed by atoms with E-state index in [0.29, 0.717) is 0 Å². The Balaban J connectivity index is 2.86. The summed E-state index contributed by atoms with van der Waals surface area (Å²) in [6, 6.07) is 7.33. The zero-order chi connectivity index (χ0) is 13.1. The van der Waals surface area contributed by atoms with Crippen LogP contribution in [0.15, 0.2) is 24.3 Å². The summed E-state index contributed by atoms with van der Waals surface area (Å²) in [5.41, 5.74) is -5.33. The summed E-state index contributed by atoms with van der Waals surface area (Å²) in [7, 11) is -5.63. The topological polar surface area (TPSA) is 67.2 Å². The Hall–Kier alpha value is -1.59. The fourth-order valence-electron chi connectivity index (χ4n) is 0.963. The van der Waals surface area contributed by atoms with Crippen LogP contribution in [0.2, 0.25) is 0 Å². The number of alkyl halides is 3. The van der Waals surface area contributed by atoms with Gasteiger partial charge in [0.15, 0.2) is 0 Å². The van der Waals surface area contributed by atoms with Crippen LogP contribution in [0.25, 0.3) is 0 Å². The van der Waals surface area contributed by atoms with Gasteiger partial charge in [0.2, 0.25) is 0 Å². The highest BCUT2D eigenvalue weighted by Crippen LogP contribution is 2.25. The molecule has 0 aromatic heterocycles. The predicted octanol–water partition coefficient (Wildman–Crippen LogP) is 1.92. The third-order valence-corrected chi connectivity index (χ3v) is 2.79. The second kappa shape index (κ2) is 4.73. The number of halogens is 3. The first-order chi connectivity index (χ1) is 7.78. The predicted molar refractivity (Wildman–Crippen MR) is 50.9 cm³/mol. The van der Waals surface area contributed by atoms with Crippen LogP contribution in [0.5, 0.6) is 0 Å². The van der Waals surface area contributed by atoms with E-state index in [1.807, 2.05) is 0 Å². The fraction of sp³-hybridized carbons (Fsp3) is 0.222. The Morgan fingerprint density at radius 2 is 1.88 bits per heavy atom. The molecule has 0 spiro atoms. The van der Waals surface area contributed by atoms with Crippen LogP contribution in [0.1, 0.15) is 11.1 Å². The van der Waals surface area contributed by atoms with Gasteiger partial charge in [0.05, 0.1) is 18.2 Å². The summed E-state index contributed by atoms with van der Waals surface area (Å²) in [6.07, 6.45) is 0. The van der Waals surface area contributed by atoms with Gasteiger partial charge in [-0.25, -0.2) is 0 Å². The number of hydrogen-bond donors (Lipinski definition) is 0. The highest BCUT2D eigenvalue weighted by atomic mass is 32.2. The lowest BCUT2D eigenvalue weighted by molar-refractivity contribution is -0.0547. The van der Waals surface area contributed by atoms with Gasteiger partial charge in [0.1, 0.15) is 0 Å². The van der Waals surface area contributed by atoms with Gasteiger partial charge in [0.25, 0.3) is 0 Å². The molecular weight excluding hydrogens is 259 g/mol. The number of nitriles is 1. The van der Waals surface area contributed by atoms with Crippen LogP contribution in [0, 0.1) is 11.3 Å². The molecule has 1 aromatic carbocycles. The molecule has 1 aromatic rings. The van der Waals surface area contributed by atoms with Crippen molar-refractivity contribution in [3.8, 4) is 6.07 Å². The number of rotatable bonds is 3. The molecule has 1 rings (SSSR count). The smallest absolute Gasteiger partial charge is 0.258 e. The molecule has 0 aliphatic rings. The molecule has 0 aliphatic heterocycles. The van der Waals surface area contributed by atoms with Crippen LogP contribution in [0.3, 0.4) is 0 Å². The first-order valence-electron chi connectivity index (χ1n) is 4.21. The molecule has 0 unspecified atom stereocenters. The maximum absolute atomic E-state index is 11.9. The van der Waals surface area contributed by atoms with Crippen molar-refractivity contribution in [1.82, 2.24) is 0 Å². The van der Waals surface area contributed by atoms with Gasteiger partial charge >= 0.3 is 15.6 Å². The van der Waals surface area contributed by atoms with Gasteiger partial charge in [-0.2, -0.15) is 26.9 Å². The summed E-state index contributed by atoms with van der Waals surface area (Å²) < 4.78 is 60.8. The van der Waals surface area contributed by atoms with E-state index >= 15 is 0 Å². The summed E-state index contributed by atoms with van der Waals surface area (Å²) in [6.45, 7) is -0.828. The van der Waals surface area contributed by atoms with E-state index in [1.54, 1.807) is 6.07 Å². The average Bonchev–Trinajstić information content (AvgIpc) is 2.25. The standard InChI is InChI=1S/C9H6F3NO3S/c10-9(11,12)17(14,15)16-6-8-4-2-1-3-7(8)5-13/h1-4H,6H2. The van der Waals surface area contributed by atoms with Gasteiger partial charge in [-0.1, -0.05) is 18.2 Å². The van der Waals surface area contributed by atoms with Crippen molar-refractivity contribution in [2.75, 3.05) is 0 Å². The molecule has 0 radical (unpaired) electrons. The minimum Gasteiger partial charge on any atom is -0.258 e. The lowest BCUT2D eigenvalue weighted by atomic mass is 10.1. The molecule has 0 aliphatic carbocycles. The first kappa shape index (κ1) is 13.5. The molecule has 0 saturated carbocycles. The third kappa shape index (κ3) is 3.18. The minimum atomic E-state index is -5.63. The Bertz CT molecular complexity index is 545. The molecular formula is C9H6F3NO3S. The van der Waals surface area contributed by atoms with E-state index < -0.39 is 22.2 Å². The molecule has 0 N–H and O–H groups in total. The Morgan fingerprint density at radius 3 is 2.41 bits per heavy atom. The number of benzene rings is 1. The highest BCUT2D eigenvalue weighted by Gasteiger charge is 2.47. The van der Waals surface area contributed by atoms with Crippen molar-refractivity contribution in [2.45, 2.75) is 12.1 Å². The monoisotopic (exact) mass is 265 g/mol. The zero-order valence-corrected chi connectivity index (χ0v) is 9.05. The molecule has 4 nitrogen and oxygen atoms in total. The second-order valence-electron chi connectivity index (χ2n) is 2.93. The van der Waals surface area contributed by atoms with Crippen LogP contribution in [-0.2, 0) is 20.9 Å². The second-order valence-corrected chi connectivity index (χ2v) is 4.54. The lowest BCUT2D eigenvalue weighted by Gasteiger charge is -2.08. The highest BCUT2D eigenvalue weighted by molar-refractivity contribution is 7.87. The zero-order valence-electron chi connectivity index (χ0n) is 8.23. The lowest BCUT2D eigenvalue weighted by Crippen LogP contribution is -2.25. The molecule has 0 fully saturated rings. The van der Waals surface area contributed by atoms with Crippen LogP contribution in [0.4, 0.5) is 13.2 Å². The molecule has 0 saturated heterocycles. The molecule has 92 valence electrons. The van der Waals surface area contributed by atoms with E-state index in [2.05, 4.69) is 4.18 Å². The summed E-state index contributed by atoms with van der Waals surface area (Å²) >= 11 is 0. The largest absolute Gasteiger partial charge is 0.523 e. The Kier molecular flexibility index (Phi) is 3.75. The molecule has 0 bridgehead atoms. The van der Waals surface area contributed by atoms with Gasteiger partial charge in [0, 0.05) is 0 Å². The van der Waals surface area contributed by atoms with E-state index in [0.717, 1.165) is 0 Å². The van der Waals surface area contributed by atoms with E-state index in [4.69, 9.17) is 5.26 Å². The Labute approximate surface area is 95.4 Å². The molecule has 0 atom stereocenters. The average molecular weight is 265 g/mol. The summed E-state index contributed by atoms with van der Waals surface area (Å²) in [4.78, 5) is 0. The van der Waals surface area contributed by atoms with E-state index in [1.165, 1.54) is 24.3 Å². The molecule has 17 heavy (non-hydrogen) atoms. The van der Waals surface area contributed by atoms with Gasteiger partial charge in [-0.3, -0.25) is 4.18 Å². The maximum Gasteiger partial charge on any atom is 0.523 e. The Morgan fingerprint density at radius 1 is 1.29 bits per heavy atom. The maximum atomic E-state index is 11.9. The van der Waals surface area contributed by atoms with Gasteiger partial charge in [-0.05, 0) is 11.6 Å². The van der Waals surface area contributed by atoms with Crippen molar-refractivity contribution in [2.24, 2.45) is 0 Å². The van der Waals surface area contributed by atoms with Crippen molar-refractivity contribution in [3.63, 3.8) is 0 Å². The third-order valence-electron chi connectivity index (χ3n) is 1.79. The van der Waals surface area contributed by atoms with Crippen molar-refractivity contribution >= 4 is 10.1 Å².